The topological polar surface area (TPSA) is 15.3 Å². The van der Waals surface area contributed by atoms with Crippen LogP contribution < -0.4 is 5.32 Å². The Morgan fingerprint density at radius 2 is 2.21 bits per heavy atom. The van der Waals surface area contributed by atoms with E-state index >= 15 is 0 Å². The summed E-state index contributed by atoms with van der Waals surface area (Å²) in [6.07, 6.45) is 4.03. The lowest BCUT2D eigenvalue weighted by Crippen LogP contribution is -2.39. The van der Waals surface area contributed by atoms with Gasteiger partial charge in [0.2, 0.25) is 0 Å². The largest absolute Gasteiger partial charge is 0.315 e. The Balaban J connectivity index is 2.21. The first kappa shape index (κ1) is 12.0. The highest BCUT2D eigenvalue weighted by Crippen LogP contribution is 2.17. The summed E-state index contributed by atoms with van der Waals surface area (Å²) in [6.45, 7) is 11.8. The van der Waals surface area contributed by atoms with E-state index in [1.807, 2.05) is 0 Å². The van der Waals surface area contributed by atoms with Gasteiger partial charge in [0, 0.05) is 19.1 Å². The van der Waals surface area contributed by atoms with Crippen LogP contribution in [0.15, 0.2) is 0 Å². The maximum absolute atomic E-state index is 3.54. The number of nitrogens with zero attached hydrogens (tertiary/aromatic N) is 1. The Morgan fingerprint density at radius 1 is 1.43 bits per heavy atom. The molecule has 0 amide bonds. The molecular weight excluding hydrogens is 172 g/mol. The highest BCUT2D eigenvalue weighted by atomic mass is 15.2. The van der Waals surface area contributed by atoms with Crippen LogP contribution in [0.4, 0.5) is 0 Å². The Labute approximate surface area is 89.1 Å². The maximum atomic E-state index is 3.54. The number of rotatable bonds is 6. The van der Waals surface area contributed by atoms with Crippen molar-refractivity contribution in [3.63, 3.8) is 0 Å². The van der Waals surface area contributed by atoms with Gasteiger partial charge in [0.1, 0.15) is 0 Å². The SMILES string of the molecule is CCCNCC1CCCN1CC(C)C. The van der Waals surface area contributed by atoms with E-state index in [9.17, 15) is 0 Å². The molecule has 1 aliphatic rings. The van der Waals surface area contributed by atoms with Crippen molar-refractivity contribution >= 4 is 0 Å². The smallest absolute Gasteiger partial charge is 0.0221 e. The lowest BCUT2D eigenvalue weighted by Gasteiger charge is -2.26. The van der Waals surface area contributed by atoms with Gasteiger partial charge in [-0.2, -0.15) is 0 Å². The van der Waals surface area contributed by atoms with Gasteiger partial charge < -0.3 is 5.32 Å². The molecule has 1 unspecified atom stereocenters. The Bertz CT molecular complexity index is 145. The monoisotopic (exact) mass is 198 g/mol. The zero-order chi connectivity index (χ0) is 10.4. The average Bonchev–Trinajstić information content (AvgIpc) is 2.52. The Kier molecular flexibility index (Phi) is 5.49. The summed E-state index contributed by atoms with van der Waals surface area (Å²) in [6, 6.07) is 0.809. The minimum atomic E-state index is 0.807. The molecule has 0 saturated carbocycles. The molecule has 0 aliphatic carbocycles. The van der Waals surface area contributed by atoms with Crippen molar-refractivity contribution in [2.75, 3.05) is 26.2 Å². The Morgan fingerprint density at radius 3 is 2.86 bits per heavy atom. The first-order valence-electron chi connectivity index (χ1n) is 6.18. The molecule has 14 heavy (non-hydrogen) atoms. The second-order valence-corrected chi connectivity index (χ2v) is 4.89. The second kappa shape index (κ2) is 6.41. The molecule has 1 saturated heterocycles. The molecule has 0 bridgehead atoms. The normalized spacial score (nSPS) is 23.6. The second-order valence-electron chi connectivity index (χ2n) is 4.89. The summed E-state index contributed by atoms with van der Waals surface area (Å²) in [5.41, 5.74) is 0. The van der Waals surface area contributed by atoms with Crippen molar-refractivity contribution in [3.8, 4) is 0 Å². The summed E-state index contributed by atoms with van der Waals surface area (Å²) >= 11 is 0. The van der Waals surface area contributed by atoms with E-state index in [0.29, 0.717) is 0 Å². The molecule has 0 aromatic carbocycles. The van der Waals surface area contributed by atoms with Crippen LogP contribution in [0.1, 0.15) is 40.0 Å². The van der Waals surface area contributed by atoms with Crippen molar-refractivity contribution in [2.45, 2.75) is 46.1 Å². The van der Waals surface area contributed by atoms with Crippen LogP contribution in [-0.2, 0) is 0 Å². The van der Waals surface area contributed by atoms with Gasteiger partial charge in [-0.15, -0.1) is 0 Å². The molecule has 0 aromatic heterocycles. The van der Waals surface area contributed by atoms with E-state index in [0.717, 1.165) is 12.0 Å². The minimum Gasteiger partial charge on any atom is -0.315 e. The van der Waals surface area contributed by atoms with Crippen LogP contribution in [0.25, 0.3) is 0 Å². The Hall–Kier alpha value is -0.0800. The molecule has 1 atom stereocenters. The number of likely N-dealkylation sites (tertiary alicyclic amines) is 1. The van der Waals surface area contributed by atoms with Crippen molar-refractivity contribution in [3.05, 3.63) is 0 Å². The van der Waals surface area contributed by atoms with Crippen LogP contribution in [0.3, 0.4) is 0 Å². The lowest BCUT2D eigenvalue weighted by molar-refractivity contribution is 0.222. The molecule has 1 heterocycles. The summed E-state index contributed by atoms with van der Waals surface area (Å²) < 4.78 is 0. The molecule has 1 N–H and O–H groups in total. The number of hydrogen-bond acceptors (Lipinski definition) is 2. The van der Waals surface area contributed by atoms with Gasteiger partial charge in [-0.25, -0.2) is 0 Å². The average molecular weight is 198 g/mol. The van der Waals surface area contributed by atoms with Gasteiger partial charge in [0.25, 0.3) is 0 Å². The van der Waals surface area contributed by atoms with Crippen molar-refractivity contribution in [2.24, 2.45) is 5.92 Å². The van der Waals surface area contributed by atoms with Crippen molar-refractivity contribution in [1.29, 1.82) is 0 Å². The summed E-state index contributed by atoms with van der Waals surface area (Å²) in [5, 5.41) is 3.54. The number of hydrogen-bond donors (Lipinski definition) is 1. The van der Waals surface area contributed by atoms with Crippen LogP contribution in [0.5, 0.6) is 0 Å². The quantitative estimate of drug-likeness (QED) is 0.658. The summed E-state index contributed by atoms with van der Waals surface area (Å²) in [7, 11) is 0. The van der Waals surface area contributed by atoms with Gasteiger partial charge in [0.15, 0.2) is 0 Å². The first-order chi connectivity index (χ1) is 6.74. The summed E-state index contributed by atoms with van der Waals surface area (Å²) in [5.74, 6) is 0.807. The maximum Gasteiger partial charge on any atom is 0.0221 e. The van der Waals surface area contributed by atoms with Gasteiger partial charge in [-0.1, -0.05) is 20.8 Å². The molecule has 0 spiro atoms. The molecule has 2 nitrogen and oxygen atoms in total. The zero-order valence-electron chi connectivity index (χ0n) is 10.1. The standard InChI is InChI=1S/C12H26N2/c1-4-7-13-9-12-6-5-8-14(12)10-11(2)3/h11-13H,4-10H2,1-3H3. The van der Waals surface area contributed by atoms with Crippen LogP contribution >= 0.6 is 0 Å². The van der Waals surface area contributed by atoms with E-state index in [1.54, 1.807) is 0 Å². The van der Waals surface area contributed by atoms with Gasteiger partial charge in [-0.05, 0) is 38.3 Å². The fraction of sp³-hybridized carbons (Fsp3) is 1.00. The molecular formula is C12H26N2. The highest BCUT2D eigenvalue weighted by Gasteiger charge is 2.23. The third-order valence-corrected chi connectivity index (χ3v) is 2.91. The summed E-state index contributed by atoms with van der Waals surface area (Å²) in [4.78, 5) is 2.66. The van der Waals surface area contributed by atoms with Crippen LogP contribution in [-0.4, -0.2) is 37.1 Å². The van der Waals surface area contributed by atoms with E-state index in [1.165, 1.54) is 45.4 Å². The van der Waals surface area contributed by atoms with Crippen molar-refractivity contribution in [1.82, 2.24) is 10.2 Å². The van der Waals surface area contributed by atoms with Gasteiger partial charge >= 0.3 is 0 Å². The lowest BCUT2D eigenvalue weighted by atomic mass is 10.1. The van der Waals surface area contributed by atoms with E-state index in [2.05, 4.69) is 31.0 Å². The molecule has 0 aromatic rings. The number of nitrogens with one attached hydrogen (secondary N) is 1. The molecule has 0 radical (unpaired) electrons. The van der Waals surface area contributed by atoms with Crippen LogP contribution in [0.2, 0.25) is 0 Å². The molecule has 1 rings (SSSR count). The zero-order valence-corrected chi connectivity index (χ0v) is 10.1. The molecule has 84 valence electrons. The predicted octanol–water partition coefficient (Wildman–Crippen LogP) is 2.11. The minimum absolute atomic E-state index is 0.807. The van der Waals surface area contributed by atoms with E-state index < -0.39 is 0 Å². The molecule has 2 heteroatoms. The first-order valence-corrected chi connectivity index (χ1v) is 6.18. The predicted molar refractivity (Wildman–Crippen MR) is 62.6 cm³/mol. The third-order valence-electron chi connectivity index (χ3n) is 2.91. The van der Waals surface area contributed by atoms with E-state index in [-0.39, 0.29) is 0 Å². The fourth-order valence-electron chi connectivity index (χ4n) is 2.28. The van der Waals surface area contributed by atoms with Crippen molar-refractivity contribution < 1.29 is 0 Å². The third kappa shape index (κ3) is 3.97. The molecule has 1 fully saturated rings. The highest BCUT2D eigenvalue weighted by molar-refractivity contribution is 4.81. The fourth-order valence-corrected chi connectivity index (χ4v) is 2.28. The van der Waals surface area contributed by atoms with Gasteiger partial charge in [0.05, 0.1) is 0 Å². The van der Waals surface area contributed by atoms with Gasteiger partial charge in [-0.3, -0.25) is 4.90 Å². The molecule has 1 aliphatic heterocycles. The van der Waals surface area contributed by atoms with E-state index in [4.69, 9.17) is 0 Å². The van der Waals surface area contributed by atoms with Crippen LogP contribution in [0, 0.1) is 5.92 Å².